The van der Waals surface area contributed by atoms with Crippen molar-refractivity contribution in [2.24, 2.45) is 5.73 Å². The van der Waals surface area contributed by atoms with Gasteiger partial charge in [0.1, 0.15) is 6.04 Å². The normalized spacial score (nSPS) is 15.2. The van der Waals surface area contributed by atoms with Gasteiger partial charge in [-0.25, -0.2) is 0 Å². The first-order valence-corrected chi connectivity index (χ1v) is 8.79. The number of nitrogens with one attached hydrogen (secondary N) is 2. The molecule has 0 saturated carbocycles. The third-order valence-electron chi connectivity index (χ3n) is 4.27. The number of benzene rings is 1. The van der Waals surface area contributed by atoms with Gasteiger partial charge < -0.3 is 21.3 Å². The van der Waals surface area contributed by atoms with Crippen molar-refractivity contribution in [1.82, 2.24) is 5.32 Å². The van der Waals surface area contributed by atoms with Gasteiger partial charge in [0, 0.05) is 24.5 Å². The molecule has 6 heteroatoms. The van der Waals surface area contributed by atoms with Crippen LogP contribution >= 0.6 is 0 Å². The van der Waals surface area contributed by atoms with Gasteiger partial charge in [0.25, 0.3) is 0 Å². The van der Waals surface area contributed by atoms with Crippen LogP contribution in [0.3, 0.4) is 0 Å². The average Bonchev–Trinajstić information content (AvgIpc) is 3.13. The van der Waals surface area contributed by atoms with Crippen LogP contribution < -0.4 is 21.3 Å². The third kappa shape index (κ3) is 5.23. The molecule has 24 heavy (non-hydrogen) atoms. The fourth-order valence-electron chi connectivity index (χ4n) is 2.92. The monoisotopic (exact) mass is 332 g/mol. The van der Waals surface area contributed by atoms with Crippen molar-refractivity contribution in [2.45, 2.75) is 45.1 Å². The van der Waals surface area contributed by atoms with Crippen molar-refractivity contribution < 1.29 is 9.59 Å². The number of hydrogen-bond acceptors (Lipinski definition) is 4. The standard InChI is InChI=1S/C18H28N4O2/c1-2-3-9-16(21-17(23)13-19)18(24)20-14-7-6-8-15(12-14)22-10-4-5-11-22/h6-8,12,16H,2-5,9-11,13,19H2,1H3,(H,20,24)(H,21,23). The second kappa shape index (κ2) is 9.27. The van der Waals surface area contributed by atoms with Crippen LogP contribution in [0.2, 0.25) is 0 Å². The number of carbonyl (C=O) groups excluding carboxylic acids is 2. The van der Waals surface area contributed by atoms with Gasteiger partial charge in [-0.15, -0.1) is 0 Å². The molecule has 2 rings (SSSR count). The summed E-state index contributed by atoms with van der Waals surface area (Å²) in [6.45, 7) is 4.06. The molecule has 0 aliphatic carbocycles. The highest BCUT2D eigenvalue weighted by Gasteiger charge is 2.20. The largest absolute Gasteiger partial charge is 0.371 e. The van der Waals surface area contributed by atoms with Gasteiger partial charge in [-0.05, 0) is 37.5 Å². The van der Waals surface area contributed by atoms with Gasteiger partial charge >= 0.3 is 0 Å². The summed E-state index contributed by atoms with van der Waals surface area (Å²) >= 11 is 0. The van der Waals surface area contributed by atoms with Gasteiger partial charge in [0.05, 0.1) is 6.54 Å². The SMILES string of the molecule is CCCCC(NC(=O)CN)C(=O)Nc1cccc(N2CCCC2)c1. The number of hydrogen-bond donors (Lipinski definition) is 3. The van der Waals surface area contributed by atoms with E-state index in [1.54, 1.807) is 0 Å². The Hall–Kier alpha value is -2.08. The number of amides is 2. The number of nitrogens with zero attached hydrogens (tertiary/aromatic N) is 1. The number of nitrogens with two attached hydrogens (primary N) is 1. The van der Waals surface area contributed by atoms with E-state index in [-0.39, 0.29) is 18.4 Å². The van der Waals surface area contributed by atoms with Crippen molar-refractivity contribution in [2.75, 3.05) is 29.9 Å². The number of rotatable bonds is 8. The molecule has 4 N–H and O–H groups in total. The van der Waals surface area contributed by atoms with E-state index in [1.807, 2.05) is 18.2 Å². The second-order valence-corrected chi connectivity index (χ2v) is 6.20. The lowest BCUT2D eigenvalue weighted by atomic mass is 10.1. The van der Waals surface area contributed by atoms with Gasteiger partial charge in [0.2, 0.25) is 11.8 Å². The Morgan fingerprint density at radius 3 is 2.71 bits per heavy atom. The van der Waals surface area contributed by atoms with Crippen LogP contribution in [0.1, 0.15) is 39.0 Å². The molecule has 0 aromatic heterocycles. The van der Waals surface area contributed by atoms with Crippen molar-refractivity contribution in [1.29, 1.82) is 0 Å². The summed E-state index contributed by atoms with van der Waals surface area (Å²) in [5, 5.41) is 5.63. The van der Waals surface area contributed by atoms with Crippen LogP contribution in [0.4, 0.5) is 11.4 Å². The minimum atomic E-state index is -0.545. The Labute approximate surface area is 143 Å². The highest BCUT2D eigenvalue weighted by atomic mass is 16.2. The van der Waals surface area contributed by atoms with E-state index in [2.05, 4.69) is 28.5 Å². The Morgan fingerprint density at radius 2 is 2.04 bits per heavy atom. The lowest BCUT2D eigenvalue weighted by molar-refractivity contribution is -0.125. The zero-order valence-electron chi connectivity index (χ0n) is 14.4. The van der Waals surface area contributed by atoms with Crippen molar-refractivity contribution in [3.63, 3.8) is 0 Å². The lowest BCUT2D eigenvalue weighted by Gasteiger charge is -2.20. The summed E-state index contributed by atoms with van der Waals surface area (Å²) in [7, 11) is 0. The van der Waals surface area contributed by atoms with Crippen molar-refractivity contribution >= 4 is 23.2 Å². The maximum atomic E-state index is 12.5. The first kappa shape index (κ1) is 18.3. The van der Waals surface area contributed by atoms with Gasteiger partial charge in [-0.1, -0.05) is 25.8 Å². The predicted octanol–water partition coefficient (Wildman–Crippen LogP) is 1.86. The number of anilines is 2. The fraction of sp³-hybridized carbons (Fsp3) is 0.556. The highest BCUT2D eigenvalue weighted by Crippen LogP contribution is 2.23. The Balaban J connectivity index is 2.02. The van der Waals surface area contributed by atoms with Gasteiger partial charge in [0.15, 0.2) is 0 Å². The summed E-state index contributed by atoms with van der Waals surface area (Å²) < 4.78 is 0. The van der Waals surface area contributed by atoms with Crippen LogP contribution in [0.25, 0.3) is 0 Å². The van der Waals surface area contributed by atoms with Crippen molar-refractivity contribution in [3.8, 4) is 0 Å². The van der Waals surface area contributed by atoms with E-state index in [0.29, 0.717) is 6.42 Å². The number of unbranched alkanes of at least 4 members (excludes halogenated alkanes) is 1. The van der Waals surface area contributed by atoms with Crippen LogP contribution in [-0.4, -0.2) is 37.5 Å². The van der Waals surface area contributed by atoms with Gasteiger partial charge in [-0.3, -0.25) is 9.59 Å². The molecule has 0 radical (unpaired) electrons. The molecule has 2 amide bonds. The highest BCUT2D eigenvalue weighted by molar-refractivity contribution is 5.97. The molecule has 1 heterocycles. The molecular formula is C18H28N4O2. The average molecular weight is 332 g/mol. The summed E-state index contributed by atoms with van der Waals surface area (Å²) in [5.74, 6) is -0.499. The van der Waals surface area contributed by atoms with E-state index in [4.69, 9.17) is 5.73 Å². The fourth-order valence-corrected chi connectivity index (χ4v) is 2.92. The Bertz CT molecular complexity index is 556. The smallest absolute Gasteiger partial charge is 0.246 e. The van der Waals surface area contributed by atoms with E-state index >= 15 is 0 Å². The summed E-state index contributed by atoms with van der Waals surface area (Å²) in [6.07, 6.45) is 4.87. The molecule has 1 aromatic rings. The lowest BCUT2D eigenvalue weighted by Crippen LogP contribution is -2.46. The van der Waals surface area contributed by atoms with Gasteiger partial charge in [-0.2, -0.15) is 0 Å². The zero-order chi connectivity index (χ0) is 17.4. The van der Waals surface area contributed by atoms with Crippen molar-refractivity contribution in [3.05, 3.63) is 24.3 Å². The molecule has 1 aliphatic heterocycles. The maximum absolute atomic E-state index is 12.5. The van der Waals surface area contributed by atoms with Crippen LogP contribution in [0.5, 0.6) is 0 Å². The first-order chi connectivity index (χ1) is 11.6. The molecule has 1 saturated heterocycles. The predicted molar refractivity (Wildman–Crippen MR) is 97.0 cm³/mol. The minimum Gasteiger partial charge on any atom is -0.371 e. The van der Waals surface area contributed by atoms with E-state index in [9.17, 15) is 9.59 Å². The summed E-state index contributed by atoms with van der Waals surface area (Å²) in [5.41, 5.74) is 7.23. The van der Waals surface area contributed by atoms with Crippen LogP contribution in [-0.2, 0) is 9.59 Å². The Morgan fingerprint density at radius 1 is 1.29 bits per heavy atom. The summed E-state index contributed by atoms with van der Waals surface area (Å²) in [4.78, 5) is 26.4. The van der Waals surface area contributed by atoms with Crippen LogP contribution in [0, 0.1) is 0 Å². The Kier molecular flexibility index (Phi) is 7.06. The molecule has 1 aliphatic rings. The third-order valence-corrected chi connectivity index (χ3v) is 4.27. The zero-order valence-corrected chi connectivity index (χ0v) is 14.4. The molecular weight excluding hydrogens is 304 g/mol. The summed E-state index contributed by atoms with van der Waals surface area (Å²) in [6, 6.07) is 7.33. The molecule has 132 valence electrons. The van der Waals surface area contributed by atoms with Crippen LogP contribution in [0.15, 0.2) is 24.3 Å². The minimum absolute atomic E-state index is 0.111. The first-order valence-electron chi connectivity index (χ1n) is 8.79. The van der Waals surface area contributed by atoms with E-state index in [0.717, 1.165) is 37.3 Å². The second-order valence-electron chi connectivity index (χ2n) is 6.20. The molecule has 1 fully saturated rings. The van der Waals surface area contributed by atoms with E-state index < -0.39 is 6.04 Å². The molecule has 1 atom stereocenters. The van der Waals surface area contributed by atoms with E-state index in [1.165, 1.54) is 12.8 Å². The number of carbonyl (C=O) groups is 2. The molecule has 6 nitrogen and oxygen atoms in total. The quantitative estimate of drug-likeness (QED) is 0.678. The molecule has 1 aromatic carbocycles. The maximum Gasteiger partial charge on any atom is 0.246 e. The molecule has 1 unspecified atom stereocenters. The molecule has 0 spiro atoms. The topological polar surface area (TPSA) is 87.5 Å². The molecule has 0 bridgehead atoms.